The van der Waals surface area contributed by atoms with Gasteiger partial charge in [-0.25, -0.2) is 8.42 Å². The van der Waals surface area contributed by atoms with Crippen LogP contribution >= 0.6 is 10.7 Å². The first-order valence-electron chi connectivity index (χ1n) is 3.63. The highest BCUT2D eigenvalue weighted by molar-refractivity contribution is 8.13. The van der Waals surface area contributed by atoms with E-state index in [4.69, 9.17) is 10.7 Å². The Labute approximate surface area is 89.0 Å². The lowest BCUT2D eigenvalue weighted by molar-refractivity contribution is -0.387. The number of hydrogen-bond acceptors (Lipinski definition) is 4. The van der Waals surface area contributed by atoms with Crippen LogP contribution in [0.4, 0.5) is 10.1 Å². The number of rotatable bonds is 2. The summed E-state index contributed by atoms with van der Waals surface area (Å²) in [5.74, 6) is -1.19. The average molecular weight is 254 g/mol. The van der Waals surface area contributed by atoms with Crippen molar-refractivity contribution < 1.29 is 17.7 Å². The third-order valence-corrected chi connectivity index (χ3v) is 3.24. The van der Waals surface area contributed by atoms with Gasteiger partial charge in [0.05, 0.1) is 9.82 Å². The van der Waals surface area contributed by atoms with E-state index in [1.54, 1.807) is 0 Å². The Bertz CT molecular complexity index is 528. The van der Waals surface area contributed by atoms with Gasteiger partial charge < -0.3 is 0 Å². The molecule has 1 aromatic carbocycles. The van der Waals surface area contributed by atoms with Gasteiger partial charge in [0.25, 0.3) is 9.05 Å². The molecule has 0 atom stereocenters. The molecule has 82 valence electrons. The summed E-state index contributed by atoms with van der Waals surface area (Å²) < 4.78 is 35.1. The molecular weight excluding hydrogens is 249 g/mol. The lowest BCUT2D eigenvalue weighted by Crippen LogP contribution is -2.01. The minimum absolute atomic E-state index is 0.362. The van der Waals surface area contributed by atoms with E-state index in [-0.39, 0.29) is 5.56 Å². The summed E-state index contributed by atoms with van der Waals surface area (Å²) in [5, 5.41) is 10.3. The minimum Gasteiger partial charge on any atom is -0.258 e. The Kier molecular flexibility index (Phi) is 2.96. The summed E-state index contributed by atoms with van der Waals surface area (Å²) in [7, 11) is 0.915. The lowest BCUT2D eigenvalue weighted by Gasteiger charge is -2.02. The summed E-state index contributed by atoms with van der Waals surface area (Å²) in [6.45, 7) is 1.11. The van der Waals surface area contributed by atoms with Gasteiger partial charge in [0, 0.05) is 22.3 Å². The van der Waals surface area contributed by atoms with Crippen LogP contribution in [0, 0.1) is 22.9 Å². The molecule has 8 heteroatoms. The number of hydrogen-bond donors (Lipinski definition) is 0. The first kappa shape index (κ1) is 11.9. The summed E-state index contributed by atoms with van der Waals surface area (Å²) in [5.41, 5.74) is -1.14. The second kappa shape index (κ2) is 3.74. The molecule has 0 saturated carbocycles. The molecule has 0 bridgehead atoms. The predicted molar refractivity (Wildman–Crippen MR) is 50.8 cm³/mol. The van der Waals surface area contributed by atoms with Gasteiger partial charge in [-0.15, -0.1) is 0 Å². The van der Waals surface area contributed by atoms with Crippen molar-refractivity contribution in [2.45, 2.75) is 11.8 Å². The van der Waals surface area contributed by atoms with Crippen molar-refractivity contribution in [1.82, 2.24) is 0 Å². The van der Waals surface area contributed by atoms with E-state index in [0.717, 1.165) is 19.1 Å². The number of benzene rings is 1. The number of nitro benzene ring substituents is 1. The zero-order valence-electron chi connectivity index (χ0n) is 7.40. The van der Waals surface area contributed by atoms with Gasteiger partial charge in [0.15, 0.2) is 0 Å². The van der Waals surface area contributed by atoms with Gasteiger partial charge in [-0.2, -0.15) is 4.39 Å². The lowest BCUT2D eigenvalue weighted by atomic mass is 10.2. The van der Waals surface area contributed by atoms with Crippen LogP contribution in [0.3, 0.4) is 0 Å². The van der Waals surface area contributed by atoms with E-state index >= 15 is 0 Å². The number of halogens is 2. The van der Waals surface area contributed by atoms with Gasteiger partial charge in [0.1, 0.15) is 0 Å². The summed E-state index contributed by atoms with van der Waals surface area (Å²) >= 11 is 0. The molecular formula is C7H5ClFNO4S. The van der Waals surface area contributed by atoms with Gasteiger partial charge in [-0.3, -0.25) is 10.1 Å². The quantitative estimate of drug-likeness (QED) is 0.459. The molecule has 1 rings (SSSR count). The van der Waals surface area contributed by atoms with E-state index in [2.05, 4.69) is 0 Å². The molecule has 0 amide bonds. The van der Waals surface area contributed by atoms with E-state index in [9.17, 15) is 22.9 Å². The maximum atomic E-state index is 13.3. The van der Waals surface area contributed by atoms with Crippen molar-refractivity contribution in [1.29, 1.82) is 0 Å². The molecule has 0 aliphatic carbocycles. The first-order chi connectivity index (χ1) is 6.75. The van der Waals surface area contributed by atoms with Crippen LogP contribution in [-0.2, 0) is 9.05 Å². The summed E-state index contributed by atoms with van der Waals surface area (Å²) in [6, 6.07) is 1.66. The number of nitrogens with zero attached hydrogens (tertiary/aromatic N) is 1. The van der Waals surface area contributed by atoms with Crippen molar-refractivity contribution >= 4 is 25.4 Å². The molecule has 0 unspecified atom stereocenters. The van der Waals surface area contributed by atoms with Gasteiger partial charge in [0.2, 0.25) is 5.82 Å². The Morgan fingerprint density at radius 3 is 2.40 bits per heavy atom. The van der Waals surface area contributed by atoms with Crippen LogP contribution in [0.2, 0.25) is 0 Å². The standard InChI is InChI=1S/C7H5ClFNO4S/c1-4-6(15(8,13)14)3-2-5(7(4)9)10(11)12/h2-3H,1H3. The monoisotopic (exact) mass is 253 g/mol. The zero-order valence-corrected chi connectivity index (χ0v) is 8.97. The molecule has 0 aliphatic rings. The molecule has 0 aromatic heterocycles. The predicted octanol–water partition coefficient (Wildman–Crippen LogP) is 1.97. The molecule has 1 aromatic rings. The third kappa shape index (κ3) is 2.24. The third-order valence-electron chi connectivity index (χ3n) is 1.78. The van der Waals surface area contributed by atoms with Gasteiger partial charge in [-0.05, 0) is 13.0 Å². The van der Waals surface area contributed by atoms with Crippen LogP contribution in [-0.4, -0.2) is 13.3 Å². The Morgan fingerprint density at radius 1 is 1.47 bits per heavy atom. The van der Waals surface area contributed by atoms with Crippen molar-refractivity contribution in [2.75, 3.05) is 0 Å². The molecule has 0 spiro atoms. The van der Waals surface area contributed by atoms with Gasteiger partial charge in [-0.1, -0.05) is 0 Å². The molecule has 5 nitrogen and oxygen atoms in total. The van der Waals surface area contributed by atoms with Crippen LogP contribution in [0.1, 0.15) is 5.56 Å². The second-order valence-corrected chi connectivity index (χ2v) is 5.25. The van der Waals surface area contributed by atoms with Crippen molar-refractivity contribution in [3.63, 3.8) is 0 Å². The smallest absolute Gasteiger partial charge is 0.258 e. The molecule has 0 fully saturated rings. The Morgan fingerprint density at radius 2 is 2.00 bits per heavy atom. The van der Waals surface area contributed by atoms with E-state index in [1.165, 1.54) is 0 Å². The van der Waals surface area contributed by atoms with Crippen molar-refractivity contribution in [3.05, 3.63) is 33.6 Å². The maximum Gasteiger partial charge on any atom is 0.305 e. The van der Waals surface area contributed by atoms with E-state index < -0.39 is 30.4 Å². The minimum atomic E-state index is -4.09. The fourth-order valence-corrected chi connectivity index (χ4v) is 2.25. The van der Waals surface area contributed by atoms with Crippen molar-refractivity contribution in [3.8, 4) is 0 Å². The Balaban J connectivity index is 3.55. The first-order valence-corrected chi connectivity index (χ1v) is 5.94. The van der Waals surface area contributed by atoms with Gasteiger partial charge >= 0.3 is 5.69 Å². The average Bonchev–Trinajstić information content (AvgIpc) is 2.06. The molecule has 15 heavy (non-hydrogen) atoms. The fraction of sp³-hybridized carbons (Fsp3) is 0.143. The summed E-state index contributed by atoms with van der Waals surface area (Å²) in [4.78, 5) is 8.92. The molecule has 0 radical (unpaired) electrons. The largest absolute Gasteiger partial charge is 0.305 e. The topological polar surface area (TPSA) is 77.3 Å². The molecule has 0 heterocycles. The normalized spacial score (nSPS) is 11.4. The highest BCUT2D eigenvalue weighted by Gasteiger charge is 2.23. The summed E-state index contributed by atoms with van der Waals surface area (Å²) in [6.07, 6.45) is 0. The SMILES string of the molecule is Cc1c(S(=O)(=O)Cl)ccc([N+](=O)[O-])c1F. The molecule has 0 saturated heterocycles. The maximum absolute atomic E-state index is 13.3. The Hall–Kier alpha value is -1.21. The fourth-order valence-electron chi connectivity index (χ4n) is 1.06. The zero-order chi connectivity index (χ0) is 11.8. The highest BCUT2D eigenvalue weighted by Crippen LogP contribution is 2.27. The van der Waals surface area contributed by atoms with E-state index in [1.807, 2.05) is 0 Å². The van der Waals surface area contributed by atoms with Crippen LogP contribution < -0.4 is 0 Å². The number of nitro groups is 1. The molecule has 0 aliphatic heterocycles. The molecule has 0 N–H and O–H groups in total. The van der Waals surface area contributed by atoms with Crippen LogP contribution in [0.15, 0.2) is 17.0 Å². The van der Waals surface area contributed by atoms with E-state index in [0.29, 0.717) is 0 Å². The second-order valence-electron chi connectivity index (χ2n) is 2.72. The highest BCUT2D eigenvalue weighted by atomic mass is 35.7. The van der Waals surface area contributed by atoms with Crippen LogP contribution in [0.25, 0.3) is 0 Å². The van der Waals surface area contributed by atoms with Crippen LogP contribution in [0.5, 0.6) is 0 Å². The van der Waals surface area contributed by atoms with Crippen molar-refractivity contribution in [2.24, 2.45) is 0 Å².